The number of amides is 1. The van der Waals surface area contributed by atoms with Crippen molar-refractivity contribution in [3.8, 4) is 0 Å². The molecule has 11 heteroatoms. The molecule has 1 aromatic heterocycles. The number of hydrogen-bond donors (Lipinski definition) is 1. The number of halogens is 2. The third kappa shape index (κ3) is 4.37. The molecule has 2 aliphatic heterocycles. The number of allylic oxidation sites excluding steroid dienone is 2. The molecule has 0 saturated heterocycles. The summed E-state index contributed by atoms with van der Waals surface area (Å²) in [4.78, 5) is 19.5. The lowest BCUT2D eigenvalue weighted by Gasteiger charge is -2.28. The molecule has 29 heavy (non-hydrogen) atoms. The van der Waals surface area contributed by atoms with Gasteiger partial charge in [-0.2, -0.15) is 0 Å². The van der Waals surface area contributed by atoms with Crippen molar-refractivity contribution in [3.05, 3.63) is 68.8 Å². The fraction of sp³-hybridized carbons (Fsp3) is 0.167. The van der Waals surface area contributed by atoms with Crippen LogP contribution in [0.15, 0.2) is 52.7 Å². The van der Waals surface area contributed by atoms with Crippen LogP contribution in [0.25, 0.3) is 0 Å². The molecule has 0 radical (unpaired) electrons. The highest BCUT2D eigenvalue weighted by atomic mass is 35.5. The molecule has 7 nitrogen and oxygen atoms in total. The van der Waals surface area contributed by atoms with E-state index in [0.29, 0.717) is 21.6 Å². The second kappa shape index (κ2) is 7.91. The zero-order chi connectivity index (χ0) is 20.6. The second-order valence-corrected chi connectivity index (χ2v) is 9.95. The van der Waals surface area contributed by atoms with Crippen molar-refractivity contribution in [2.45, 2.75) is 6.42 Å². The number of fused-ring (bicyclic) bond motifs is 1. The van der Waals surface area contributed by atoms with Gasteiger partial charge in [0.2, 0.25) is 0 Å². The highest BCUT2D eigenvalue weighted by Gasteiger charge is 2.30. The van der Waals surface area contributed by atoms with Gasteiger partial charge in [-0.15, -0.1) is 15.7 Å². The lowest BCUT2D eigenvalue weighted by molar-refractivity contribution is -0.112. The predicted octanol–water partition coefficient (Wildman–Crippen LogP) is 3.48. The molecule has 1 N–H and O–H groups in total. The van der Waals surface area contributed by atoms with Crippen molar-refractivity contribution in [1.29, 1.82) is 0 Å². The maximum Gasteiger partial charge on any atom is 0.261 e. The van der Waals surface area contributed by atoms with Crippen molar-refractivity contribution in [2.75, 3.05) is 17.6 Å². The lowest BCUT2D eigenvalue weighted by atomic mass is 10.1. The van der Waals surface area contributed by atoms with Gasteiger partial charge in [-0.3, -0.25) is 10.1 Å². The van der Waals surface area contributed by atoms with Gasteiger partial charge in [0.15, 0.2) is 11.0 Å². The second-order valence-electron chi connectivity index (χ2n) is 6.29. The van der Waals surface area contributed by atoms with Crippen molar-refractivity contribution < 1.29 is 13.2 Å². The Morgan fingerprint density at radius 3 is 2.97 bits per heavy atom. The number of aromatic nitrogens is 1. The molecule has 2 aliphatic rings. The number of sulfonamides is 1. The van der Waals surface area contributed by atoms with Crippen LogP contribution in [-0.4, -0.2) is 42.3 Å². The Kier molecular flexibility index (Phi) is 5.48. The smallest absolute Gasteiger partial charge is 0.261 e. The van der Waals surface area contributed by atoms with Crippen molar-refractivity contribution in [1.82, 2.24) is 9.88 Å². The quantitative estimate of drug-likeness (QED) is 0.741. The molecule has 150 valence electrons. The maximum atomic E-state index is 12.7. The van der Waals surface area contributed by atoms with Crippen LogP contribution in [0.3, 0.4) is 0 Å². The van der Waals surface area contributed by atoms with Crippen molar-refractivity contribution >= 4 is 61.4 Å². The van der Waals surface area contributed by atoms with E-state index < -0.39 is 15.9 Å². The molecule has 2 aromatic rings. The summed E-state index contributed by atoms with van der Waals surface area (Å²) in [6.45, 7) is 0.254. The zero-order valence-corrected chi connectivity index (χ0v) is 17.9. The number of rotatable bonds is 4. The third-order valence-electron chi connectivity index (χ3n) is 4.27. The number of benzene rings is 1. The van der Waals surface area contributed by atoms with Crippen LogP contribution in [0.5, 0.6) is 0 Å². The third-order valence-corrected chi connectivity index (χ3v) is 7.19. The van der Waals surface area contributed by atoms with E-state index >= 15 is 0 Å². The summed E-state index contributed by atoms with van der Waals surface area (Å²) in [5.41, 5.74) is 1.03. The van der Waals surface area contributed by atoms with E-state index in [2.05, 4.69) is 14.7 Å². The van der Waals surface area contributed by atoms with Gasteiger partial charge in [-0.05, 0) is 23.8 Å². The molecular weight excluding hydrogens is 455 g/mol. The molecular formula is C18H14Cl2N4O3S2. The minimum Gasteiger partial charge on any atom is -0.331 e. The molecule has 3 heterocycles. The average Bonchev–Trinajstić information content (AvgIpc) is 3.11. The number of carbonyl (C=O) groups is 1. The summed E-state index contributed by atoms with van der Waals surface area (Å²) in [7, 11) is -3.58. The molecule has 1 aromatic carbocycles. The first-order chi connectivity index (χ1) is 13.8. The van der Waals surface area contributed by atoms with Crippen molar-refractivity contribution in [2.24, 2.45) is 4.40 Å². The monoisotopic (exact) mass is 468 g/mol. The SMILES string of the molecule is O=C(Nc1ncc(Cc2cccc(Cl)c2Cl)s1)C1=CC=CN2CCS(=O)(=O)N=C12. The normalized spacial score (nSPS) is 17.4. The summed E-state index contributed by atoms with van der Waals surface area (Å²) >= 11 is 13.6. The molecule has 1 amide bonds. The average molecular weight is 469 g/mol. The molecule has 0 bridgehead atoms. The summed E-state index contributed by atoms with van der Waals surface area (Å²) in [6.07, 6.45) is 7.09. The Hall–Kier alpha value is -2.20. The highest BCUT2D eigenvalue weighted by molar-refractivity contribution is 7.90. The van der Waals surface area contributed by atoms with E-state index in [9.17, 15) is 13.2 Å². The molecule has 0 saturated carbocycles. The summed E-state index contributed by atoms with van der Waals surface area (Å²) < 4.78 is 27.4. The first-order valence-corrected chi connectivity index (χ1v) is 11.7. The van der Waals surface area contributed by atoms with Gasteiger partial charge in [0.05, 0.1) is 21.4 Å². The van der Waals surface area contributed by atoms with Crippen LogP contribution in [0, 0.1) is 0 Å². The van der Waals surface area contributed by atoms with Gasteiger partial charge in [-0.1, -0.05) is 35.3 Å². The number of hydrogen-bond acceptors (Lipinski definition) is 6. The Morgan fingerprint density at radius 2 is 2.14 bits per heavy atom. The van der Waals surface area contributed by atoms with E-state index in [4.69, 9.17) is 23.2 Å². The van der Waals surface area contributed by atoms with Crippen molar-refractivity contribution in [3.63, 3.8) is 0 Å². The minimum atomic E-state index is -3.58. The van der Waals surface area contributed by atoms with Crippen LogP contribution in [0.1, 0.15) is 10.4 Å². The largest absolute Gasteiger partial charge is 0.331 e. The lowest BCUT2D eigenvalue weighted by Crippen LogP contribution is -2.40. The van der Waals surface area contributed by atoms with Crippen LogP contribution in [0.2, 0.25) is 10.0 Å². The number of thiazole rings is 1. The topological polar surface area (TPSA) is 91.7 Å². The Morgan fingerprint density at radius 1 is 1.31 bits per heavy atom. The molecule has 0 atom stereocenters. The number of amidine groups is 1. The Balaban J connectivity index is 1.51. The standard InChI is InChI=1S/C18H14Cl2N4O3S2/c19-14-5-1-3-11(15(14)20)9-12-10-21-18(28-12)22-17(25)13-4-2-6-24-7-8-29(26,27)23-16(13)24/h1-6,10H,7-9H2,(H,21,22,25). The van der Waals surface area contributed by atoms with E-state index in [1.54, 1.807) is 29.4 Å². The van der Waals surface area contributed by atoms with E-state index in [1.807, 2.05) is 12.1 Å². The van der Waals surface area contributed by atoms with Gasteiger partial charge in [-0.25, -0.2) is 13.4 Å². The first kappa shape index (κ1) is 20.1. The molecule has 0 unspecified atom stereocenters. The highest BCUT2D eigenvalue weighted by Crippen LogP contribution is 2.30. The maximum absolute atomic E-state index is 12.7. The van der Waals surface area contributed by atoms with Gasteiger partial charge < -0.3 is 4.90 Å². The predicted molar refractivity (Wildman–Crippen MR) is 115 cm³/mol. The minimum absolute atomic E-state index is 0.0857. The summed E-state index contributed by atoms with van der Waals surface area (Å²) in [5.74, 6) is -0.437. The molecule has 0 spiro atoms. The van der Waals surface area contributed by atoms with Crippen LogP contribution < -0.4 is 5.32 Å². The summed E-state index contributed by atoms with van der Waals surface area (Å²) in [5, 5.41) is 4.07. The number of anilines is 1. The molecule has 0 fully saturated rings. The summed E-state index contributed by atoms with van der Waals surface area (Å²) in [6, 6.07) is 5.41. The number of nitrogens with zero attached hydrogens (tertiary/aromatic N) is 3. The first-order valence-electron chi connectivity index (χ1n) is 8.49. The Bertz CT molecular complexity index is 1190. The van der Waals surface area contributed by atoms with Gasteiger partial charge in [0.1, 0.15) is 0 Å². The molecule has 0 aliphatic carbocycles. The van der Waals surface area contributed by atoms with Gasteiger partial charge >= 0.3 is 0 Å². The number of carbonyl (C=O) groups excluding carboxylic acids is 1. The van der Waals surface area contributed by atoms with E-state index in [0.717, 1.165) is 10.4 Å². The van der Waals surface area contributed by atoms with Crippen LogP contribution in [-0.2, 0) is 21.2 Å². The molecule has 4 rings (SSSR count). The van der Waals surface area contributed by atoms with Crippen LogP contribution in [0.4, 0.5) is 5.13 Å². The van der Waals surface area contributed by atoms with E-state index in [1.165, 1.54) is 17.4 Å². The fourth-order valence-corrected chi connectivity index (χ4v) is 5.08. The Labute approximate surface area is 181 Å². The van der Waals surface area contributed by atoms with Gasteiger partial charge in [0, 0.05) is 30.2 Å². The van der Waals surface area contributed by atoms with Crippen LogP contribution >= 0.6 is 34.5 Å². The van der Waals surface area contributed by atoms with E-state index in [-0.39, 0.29) is 23.7 Å². The number of nitrogens with one attached hydrogen (secondary N) is 1. The van der Waals surface area contributed by atoms with Gasteiger partial charge in [0.25, 0.3) is 15.9 Å². The zero-order valence-electron chi connectivity index (χ0n) is 14.8. The fourth-order valence-electron chi connectivity index (χ4n) is 2.88.